The first-order valence-corrected chi connectivity index (χ1v) is 6.93. The molecule has 0 saturated carbocycles. The molecule has 0 aliphatic carbocycles. The van der Waals surface area contributed by atoms with Crippen LogP contribution in [0.2, 0.25) is 0 Å². The smallest absolute Gasteiger partial charge is 0.340 e. The quantitative estimate of drug-likeness (QED) is 0.853. The molecule has 2 aromatic rings. The fourth-order valence-electron chi connectivity index (χ4n) is 2.07. The predicted octanol–water partition coefficient (Wildman–Crippen LogP) is 3.15. The summed E-state index contributed by atoms with van der Waals surface area (Å²) in [6.45, 7) is 0.318. The zero-order valence-corrected chi connectivity index (χ0v) is 13.1. The first-order valence-electron chi connectivity index (χ1n) is 6.93. The van der Waals surface area contributed by atoms with Gasteiger partial charge in [0, 0.05) is 18.7 Å². The molecule has 0 atom stereocenters. The van der Waals surface area contributed by atoms with E-state index in [-0.39, 0.29) is 11.3 Å². The van der Waals surface area contributed by atoms with Gasteiger partial charge >= 0.3 is 5.97 Å². The number of amides is 1. The highest BCUT2D eigenvalue weighted by Crippen LogP contribution is 2.21. The lowest BCUT2D eigenvalue weighted by atomic mass is 10.1. The van der Waals surface area contributed by atoms with Gasteiger partial charge in [-0.25, -0.2) is 13.6 Å². The maximum absolute atomic E-state index is 13.8. The number of esters is 1. The van der Waals surface area contributed by atoms with Gasteiger partial charge in [0.25, 0.3) is 5.91 Å². The number of halogens is 2. The molecule has 0 bridgehead atoms. The number of methoxy groups -OCH3 is 2. The standard InChI is InChI=1S/C17H15F2NO4/c1-23-9-10-4-3-5-11(6-10)16(21)20-15-7-12(17(22)24-2)13(18)8-14(15)19/h3-8H,9H2,1-2H3,(H,20,21). The van der Waals surface area contributed by atoms with Crippen molar-refractivity contribution >= 4 is 17.6 Å². The van der Waals surface area contributed by atoms with Crippen molar-refractivity contribution in [3.05, 3.63) is 64.7 Å². The number of carbonyl (C=O) groups is 2. The molecule has 0 fully saturated rings. The second-order valence-electron chi connectivity index (χ2n) is 4.89. The Kier molecular flexibility index (Phi) is 5.59. The monoisotopic (exact) mass is 335 g/mol. The van der Waals surface area contributed by atoms with Crippen molar-refractivity contribution in [2.75, 3.05) is 19.5 Å². The number of hydrogen-bond acceptors (Lipinski definition) is 4. The summed E-state index contributed by atoms with van der Waals surface area (Å²) in [7, 11) is 2.60. The molecule has 1 N–H and O–H groups in total. The molecule has 0 aromatic heterocycles. The van der Waals surface area contributed by atoms with E-state index < -0.39 is 29.1 Å². The van der Waals surface area contributed by atoms with E-state index in [1.165, 1.54) is 13.2 Å². The van der Waals surface area contributed by atoms with E-state index in [0.717, 1.165) is 18.7 Å². The summed E-state index contributed by atoms with van der Waals surface area (Å²) in [4.78, 5) is 23.7. The molecule has 126 valence electrons. The summed E-state index contributed by atoms with van der Waals surface area (Å²) < 4.78 is 36.8. The van der Waals surface area contributed by atoms with Crippen molar-refractivity contribution in [1.82, 2.24) is 0 Å². The van der Waals surface area contributed by atoms with Crippen LogP contribution in [0.5, 0.6) is 0 Å². The van der Waals surface area contributed by atoms with Crippen LogP contribution in [0.25, 0.3) is 0 Å². The normalized spacial score (nSPS) is 10.3. The molecule has 7 heteroatoms. The number of hydrogen-bond donors (Lipinski definition) is 1. The van der Waals surface area contributed by atoms with Crippen LogP contribution < -0.4 is 5.32 Å². The van der Waals surface area contributed by atoms with Crippen LogP contribution >= 0.6 is 0 Å². The maximum Gasteiger partial charge on any atom is 0.340 e. The summed E-state index contributed by atoms with van der Waals surface area (Å²) in [5.74, 6) is -3.64. The molecule has 0 saturated heterocycles. The largest absolute Gasteiger partial charge is 0.465 e. The van der Waals surface area contributed by atoms with Crippen molar-refractivity contribution in [3.8, 4) is 0 Å². The number of carbonyl (C=O) groups excluding carboxylic acids is 2. The third-order valence-corrected chi connectivity index (χ3v) is 3.21. The van der Waals surface area contributed by atoms with Crippen LogP contribution in [0.3, 0.4) is 0 Å². The van der Waals surface area contributed by atoms with Gasteiger partial charge in [-0.2, -0.15) is 0 Å². The number of benzene rings is 2. The summed E-state index contributed by atoms with van der Waals surface area (Å²) in [6, 6.07) is 7.97. The Bertz CT molecular complexity index is 777. The minimum Gasteiger partial charge on any atom is -0.465 e. The predicted molar refractivity (Wildman–Crippen MR) is 82.8 cm³/mol. The van der Waals surface area contributed by atoms with Crippen LogP contribution in [0, 0.1) is 11.6 Å². The van der Waals surface area contributed by atoms with Gasteiger partial charge in [0.05, 0.1) is 25.0 Å². The van der Waals surface area contributed by atoms with Gasteiger partial charge < -0.3 is 14.8 Å². The van der Waals surface area contributed by atoms with Crippen molar-refractivity contribution in [3.63, 3.8) is 0 Å². The average Bonchev–Trinajstić information content (AvgIpc) is 2.57. The molecule has 0 unspecified atom stereocenters. The van der Waals surface area contributed by atoms with Gasteiger partial charge in [-0.1, -0.05) is 12.1 Å². The molecule has 2 rings (SSSR count). The van der Waals surface area contributed by atoms with Crippen LogP contribution in [0.1, 0.15) is 26.3 Å². The number of nitrogens with one attached hydrogen (secondary N) is 1. The summed E-state index contributed by atoms with van der Waals surface area (Å²) in [6.07, 6.45) is 0. The third-order valence-electron chi connectivity index (χ3n) is 3.21. The Morgan fingerprint density at radius 1 is 1.08 bits per heavy atom. The third kappa shape index (κ3) is 3.94. The van der Waals surface area contributed by atoms with Crippen molar-refractivity contribution < 1.29 is 27.8 Å². The SMILES string of the molecule is COCc1cccc(C(=O)Nc2cc(C(=O)OC)c(F)cc2F)c1. The lowest BCUT2D eigenvalue weighted by molar-refractivity contribution is 0.0595. The van der Waals surface area contributed by atoms with Gasteiger partial charge in [-0.3, -0.25) is 4.79 Å². The molecule has 2 aromatic carbocycles. The molecule has 5 nitrogen and oxygen atoms in total. The first kappa shape index (κ1) is 17.6. The van der Waals surface area contributed by atoms with Gasteiger partial charge in [-0.05, 0) is 23.8 Å². The molecule has 24 heavy (non-hydrogen) atoms. The van der Waals surface area contributed by atoms with Crippen molar-refractivity contribution in [1.29, 1.82) is 0 Å². The van der Waals surface area contributed by atoms with Gasteiger partial charge in [0.2, 0.25) is 0 Å². The highest BCUT2D eigenvalue weighted by molar-refractivity contribution is 6.05. The van der Waals surface area contributed by atoms with Crippen molar-refractivity contribution in [2.24, 2.45) is 0 Å². The van der Waals surface area contributed by atoms with E-state index in [9.17, 15) is 18.4 Å². The second kappa shape index (κ2) is 7.65. The molecule has 0 heterocycles. The fourth-order valence-corrected chi connectivity index (χ4v) is 2.07. The minimum atomic E-state index is -1.07. The Hall–Kier alpha value is -2.80. The summed E-state index contributed by atoms with van der Waals surface area (Å²) in [5.41, 5.74) is 0.245. The number of rotatable bonds is 5. The lowest BCUT2D eigenvalue weighted by Crippen LogP contribution is -2.15. The average molecular weight is 335 g/mol. The number of anilines is 1. The van der Waals surface area contributed by atoms with Crippen molar-refractivity contribution in [2.45, 2.75) is 6.61 Å². The second-order valence-corrected chi connectivity index (χ2v) is 4.89. The van der Waals surface area contributed by atoms with E-state index in [4.69, 9.17) is 4.74 Å². The topological polar surface area (TPSA) is 64.6 Å². The molecule has 1 amide bonds. The summed E-state index contributed by atoms with van der Waals surface area (Å²) >= 11 is 0. The van der Waals surface area contributed by atoms with E-state index in [0.29, 0.717) is 12.7 Å². The van der Waals surface area contributed by atoms with Gasteiger partial charge in [0.15, 0.2) is 0 Å². The zero-order valence-electron chi connectivity index (χ0n) is 13.1. The Balaban J connectivity index is 2.28. The zero-order chi connectivity index (χ0) is 17.7. The number of ether oxygens (including phenoxy) is 2. The minimum absolute atomic E-state index is 0.271. The first-order chi connectivity index (χ1) is 11.5. The van der Waals surface area contributed by atoms with E-state index in [1.54, 1.807) is 18.2 Å². The van der Waals surface area contributed by atoms with E-state index >= 15 is 0 Å². The highest BCUT2D eigenvalue weighted by atomic mass is 19.1. The highest BCUT2D eigenvalue weighted by Gasteiger charge is 2.18. The lowest BCUT2D eigenvalue weighted by Gasteiger charge is -2.10. The van der Waals surface area contributed by atoms with E-state index in [2.05, 4.69) is 10.1 Å². The molecule has 0 spiro atoms. The van der Waals surface area contributed by atoms with Gasteiger partial charge in [-0.15, -0.1) is 0 Å². The Morgan fingerprint density at radius 3 is 2.50 bits per heavy atom. The van der Waals surface area contributed by atoms with E-state index in [1.807, 2.05) is 0 Å². The molecule has 0 aliphatic rings. The van der Waals surface area contributed by atoms with Crippen LogP contribution in [0.4, 0.5) is 14.5 Å². The van der Waals surface area contributed by atoms with Crippen LogP contribution in [-0.4, -0.2) is 26.1 Å². The molecule has 0 radical (unpaired) electrons. The van der Waals surface area contributed by atoms with Crippen LogP contribution in [0.15, 0.2) is 36.4 Å². The molecular weight excluding hydrogens is 320 g/mol. The van der Waals surface area contributed by atoms with Gasteiger partial charge in [0.1, 0.15) is 11.6 Å². The molecular formula is C17H15F2NO4. The Labute approximate surface area is 137 Å². The molecule has 0 aliphatic heterocycles. The fraction of sp³-hybridized carbons (Fsp3) is 0.176. The van der Waals surface area contributed by atoms with Crippen LogP contribution in [-0.2, 0) is 16.1 Å². The maximum atomic E-state index is 13.8. The Morgan fingerprint density at radius 2 is 1.83 bits per heavy atom. The summed E-state index contributed by atoms with van der Waals surface area (Å²) in [5, 5.41) is 2.31.